The predicted octanol–water partition coefficient (Wildman–Crippen LogP) is 2.39. The van der Waals surface area contributed by atoms with Crippen LogP contribution in [0.25, 0.3) is 5.69 Å². The smallest absolute Gasteiger partial charge is 0.299 e. The van der Waals surface area contributed by atoms with Gasteiger partial charge in [0.2, 0.25) is 0 Å². The minimum Gasteiger partial charge on any atom is -0.324 e. The van der Waals surface area contributed by atoms with Crippen LogP contribution in [0.2, 0.25) is 0 Å². The Morgan fingerprint density at radius 3 is 2.38 bits per heavy atom. The summed E-state index contributed by atoms with van der Waals surface area (Å²) >= 11 is 1.23. The molecule has 0 spiro atoms. The van der Waals surface area contributed by atoms with E-state index < -0.39 is 0 Å². The molecule has 0 radical (unpaired) electrons. The second kappa shape index (κ2) is 5.57. The summed E-state index contributed by atoms with van der Waals surface area (Å²) in [6, 6.07) is 10.9. The van der Waals surface area contributed by atoms with Crippen molar-refractivity contribution in [2.75, 3.05) is 0 Å². The van der Waals surface area contributed by atoms with E-state index in [0.29, 0.717) is 0 Å². The first-order valence-corrected chi connectivity index (χ1v) is 7.35. The highest BCUT2D eigenvalue weighted by molar-refractivity contribution is 8.14. The minimum atomic E-state index is -0.129. The molecule has 1 amide bonds. The molecule has 21 heavy (non-hydrogen) atoms. The molecule has 2 aromatic rings. The van der Waals surface area contributed by atoms with E-state index in [-0.39, 0.29) is 15.9 Å². The number of carbonyl (C=O) groups excluding carboxylic acids is 1. The average Bonchev–Trinajstić information content (AvgIpc) is 2.48. The molecule has 0 saturated heterocycles. The number of aromatic nitrogens is 1. The van der Waals surface area contributed by atoms with Gasteiger partial charge in [-0.2, -0.15) is 5.10 Å². The Labute approximate surface area is 125 Å². The van der Waals surface area contributed by atoms with Gasteiger partial charge in [0.25, 0.3) is 5.24 Å². The first-order valence-electron chi connectivity index (χ1n) is 6.47. The van der Waals surface area contributed by atoms with Crippen molar-refractivity contribution in [3.63, 3.8) is 0 Å². The Kier molecular flexibility index (Phi) is 3.62. The topological polar surface area (TPSA) is 63.5 Å². The summed E-state index contributed by atoms with van der Waals surface area (Å²) in [4.78, 5) is 22.3. The fourth-order valence-electron chi connectivity index (χ4n) is 2.13. The quantitative estimate of drug-likeness (QED) is 0.926. The van der Waals surface area contributed by atoms with E-state index in [0.717, 1.165) is 17.0 Å². The fourth-order valence-corrected chi connectivity index (χ4v) is 2.85. The Balaban J connectivity index is 1.89. The van der Waals surface area contributed by atoms with Crippen molar-refractivity contribution in [3.05, 3.63) is 64.6 Å². The van der Waals surface area contributed by atoms with E-state index in [1.54, 1.807) is 12.4 Å². The van der Waals surface area contributed by atoms with Crippen LogP contribution in [0.4, 0.5) is 4.79 Å². The molecule has 0 saturated carbocycles. The molecule has 106 valence electrons. The van der Waals surface area contributed by atoms with Crippen molar-refractivity contribution in [2.45, 2.75) is 12.2 Å². The molecule has 3 rings (SSSR count). The molecule has 1 N–H and O–H groups in total. The van der Waals surface area contributed by atoms with Gasteiger partial charge in [0, 0.05) is 30.2 Å². The summed E-state index contributed by atoms with van der Waals surface area (Å²) < 4.78 is 1.87. The van der Waals surface area contributed by atoms with Crippen molar-refractivity contribution in [2.24, 2.45) is 5.10 Å². The van der Waals surface area contributed by atoms with Crippen LogP contribution < -0.4 is 10.9 Å². The maximum atomic E-state index is 11.2. The lowest BCUT2D eigenvalue weighted by molar-refractivity contribution is 0.261. The first-order chi connectivity index (χ1) is 10.1. The third-order valence-electron chi connectivity index (χ3n) is 3.20. The van der Waals surface area contributed by atoms with Crippen molar-refractivity contribution in [3.8, 4) is 5.69 Å². The number of nitrogens with one attached hydrogen (secondary N) is 1. The third kappa shape index (κ3) is 2.90. The SMILES string of the molecule is CC1SC(=O)NN=C1c1ccc(-n2ccc(=O)cc2)cc1. The van der Waals surface area contributed by atoms with Gasteiger partial charge in [-0.05, 0) is 24.6 Å². The zero-order valence-electron chi connectivity index (χ0n) is 11.3. The van der Waals surface area contributed by atoms with Crippen LogP contribution in [-0.2, 0) is 0 Å². The van der Waals surface area contributed by atoms with Crippen LogP contribution in [-0.4, -0.2) is 20.8 Å². The summed E-state index contributed by atoms with van der Waals surface area (Å²) in [6.45, 7) is 1.96. The molecule has 5 nitrogen and oxygen atoms in total. The van der Waals surface area contributed by atoms with E-state index in [2.05, 4.69) is 10.5 Å². The summed E-state index contributed by atoms with van der Waals surface area (Å²) in [5, 5.41) is 4.02. The number of pyridine rings is 1. The van der Waals surface area contributed by atoms with Gasteiger partial charge < -0.3 is 4.57 Å². The van der Waals surface area contributed by atoms with Gasteiger partial charge >= 0.3 is 0 Å². The van der Waals surface area contributed by atoms with Crippen LogP contribution in [0, 0.1) is 0 Å². The highest BCUT2D eigenvalue weighted by atomic mass is 32.2. The average molecular weight is 299 g/mol. The number of hydrogen-bond donors (Lipinski definition) is 1. The van der Waals surface area contributed by atoms with Crippen molar-refractivity contribution in [1.82, 2.24) is 9.99 Å². The maximum absolute atomic E-state index is 11.2. The molecule has 1 atom stereocenters. The zero-order valence-corrected chi connectivity index (χ0v) is 12.1. The van der Waals surface area contributed by atoms with E-state index in [9.17, 15) is 9.59 Å². The molecule has 1 aromatic heterocycles. The summed E-state index contributed by atoms with van der Waals surface area (Å²) in [6.07, 6.45) is 3.46. The van der Waals surface area contributed by atoms with E-state index in [4.69, 9.17) is 0 Å². The summed E-state index contributed by atoms with van der Waals surface area (Å²) in [5.41, 5.74) is 5.26. The molecule has 1 aliphatic heterocycles. The first kappa shape index (κ1) is 13.6. The van der Waals surface area contributed by atoms with Crippen LogP contribution in [0.3, 0.4) is 0 Å². The normalized spacial score (nSPS) is 18.0. The number of rotatable bonds is 2. The van der Waals surface area contributed by atoms with Gasteiger partial charge in [-0.3, -0.25) is 9.59 Å². The monoisotopic (exact) mass is 299 g/mol. The van der Waals surface area contributed by atoms with Gasteiger partial charge in [-0.15, -0.1) is 0 Å². The molecule has 0 aliphatic carbocycles. The Morgan fingerprint density at radius 1 is 1.10 bits per heavy atom. The van der Waals surface area contributed by atoms with Crippen molar-refractivity contribution in [1.29, 1.82) is 0 Å². The van der Waals surface area contributed by atoms with Gasteiger partial charge in [-0.25, -0.2) is 5.43 Å². The summed E-state index contributed by atoms with van der Waals surface area (Å²) in [5.74, 6) is 0. The van der Waals surface area contributed by atoms with Crippen LogP contribution in [0.5, 0.6) is 0 Å². The molecule has 6 heteroatoms. The number of carbonyl (C=O) groups is 1. The maximum Gasteiger partial charge on any atom is 0.299 e. The van der Waals surface area contributed by atoms with E-state index in [1.165, 1.54) is 23.9 Å². The van der Waals surface area contributed by atoms with Gasteiger partial charge in [0.1, 0.15) is 0 Å². The number of amides is 1. The molecule has 2 heterocycles. The van der Waals surface area contributed by atoms with Gasteiger partial charge in [-0.1, -0.05) is 23.9 Å². The molecular formula is C15H13N3O2S. The minimum absolute atomic E-state index is 0.0129. The molecular weight excluding hydrogens is 286 g/mol. The molecule has 1 unspecified atom stereocenters. The predicted molar refractivity (Wildman–Crippen MR) is 84.2 cm³/mol. The second-order valence-electron chi connectivity index (χ2n) is 4.64. The molecule has 1 aromatic carbocycles. The third-order valence-corrected chi connectivity index (χ3v) is 4.08. The molecule has 0 bridgehead atoms. The Hall–Kier alpha value is -2.34. The fraction of sp³-hybridized carbons (Fsp3) is 0.133. The Morgan fingerprint density at radius 2 is 1.76 bits per heavy atom. The van der Waals surface area contributed by atoms with Gasteiger partial charge in [0.05, 0.1) is 11.0 Å². The van der Waals surface area contributed by atoms with Crippen LogP contribution in [0.15, 0.2) is 58.7 Å². The highest BCUT2D eigenvalue weighted by Gasteiger charge is 2.22. The zero-order chi connectivity index (χ0) is 14.8. The number of nitrogens with zero attached hydrogens (tertiary/aromatic N) is 2. The standard InChI is InChI=1S/C15H13N3O2S/c1-10-14(16-17-15(20)21-10)11-2-4-12(5-3-11)18-8-6-13(19)7-9-18/h2-10H,1H3,(H,17,20). The van der Waals surface area contributed by atoms with Crippen molar-refractivity contribution < 1.29 is 4.79 Å². The lowest BCUT2D eigenvalue weighted by Crippen LogP contribution is -2.29. The number of hydrogen-bond acceptors (Lipinski definition) is 4. The molecule has 0 fully saturated rings. The summed E-state index contributed by atoms with van der Waals surface area (Å²) in [7, 11) is 0. The molecule has 1 aliphatic rings. The van der Waals surface area contributed by atoms with Gasteiger partial charge in [0.15, 0.2) is 5.43 Å². The van der Waals surface area contributed by atoms with Crippen LogP contribution >= 0.6 is 11.8 Å². The lowest BCUT2D eigenvalue weighted by atomic mass is 10.1. The number of thioether (sulfide) groups is 1. The van der Waals surface area contributed by atoms with E-state index >= 15 is 0 Å². The lowest BCUT2D eigenvalue weighted by Gasteiger charge is -2.18. The second-order valence-corrected chi connectivity index (χ2v) is 5.96. The van der Waals surface area contributed by atoms with Crippen molar-refractivity contribution >= 4 is 22.7 Å². The highest BCUT2D eigenvalue weighted by Crippen LogP contribution is 2.21. The Bertz CT molecular complexity index is 745. The van der Waals surface area contributed by atoms with E-state index in [1.807, 2.05) is 35.8 Å². The van der Waals surface area contributed by atoms with Crippen LogP contribution in [0.1, 0.15) is 12.5 Å². The number of hydrazone groups is 1. The largest absolute Gasteiger partial charge is 0.324 e. The number of benzene rings is 1.